The highest BCUT2D eigenvalue weighted by Crippen LogP contribution is 2.14. The second-order valence-corrected chi connectivity index (χ2v) is 3.12. The summed E-state index contributed by atoms with van der Waals surface area (Å²) >= 11 is 0. The van der Waals surface area contributed by atoms with E-state index in [1.165, 1.54) is 6.08 Å². The Morgan fingerprint density at radius 2 is 2.06 bits per heavy atom. The Bertz CT molecular complexity index is 404. The summed E-state index contributed by atoms with van der Waals surface area (Å²) in [5.41, 5.74) is 1.17. The second kappa shape index (κ2) is 4.58. The molecule has 16 heavy (non-hydrogen) atoms. The Labute approximate surface area is 92.7 Å². The molecule has 0 spiro atoms. The van der Waals surface area contributed by atoms with Crippen LogP contribution in [0.4, 0.5) is 0 Å². The van der Waals surface area contributed by atoms with E-state index in [0.29, 0.717) is 17.2 Å². The highest BCUT2D eigenvalue weighted by molar-refractivity contribution is 5.45. The number of aliphatic hydroxyl groups is 3. The number of aromatic nitrogens is 2. The largest absolute Gasteiger partial charge is 0.405 e. The van der Waals surface area contributed by atoms with E-state index in [9.17, 15) is 0 Å². The lowest BCUT2D eigenvalue weighted by atomic mass is 10.3. The number of imidazole rings is 1. The van der Waals surface area contributed by atoms with Gasteiger partial charge in [-0.1, -0.05) is 13.2 Å². The van der Waals surface area contributed by atoms with Gasteiger partial charge in [0.15, 0.2) is 0 Å². The van der Waals surface area contributed by atoms with Crippen LogP contribution in [0.1, 0.15) is 17.2 Å². The molecule has 0 aliphatic carbocycles. The van der Waals surface area contributed by atoms with Crippen LogP contribution in [0, 0.1) is 6.92 Å². The fourth-order valence-corrected chi connectivity index (χ4v) is 1.26. The number of hydrogen-bond donors (Lipinski definition) is 3. The zero-order valence-corrected chi connectivity index (χ0v) is 8.92. The molecule has 1 aromatic heterocycles. The van der Waals surface area contributed by atoms with Gasteiger partial charge >= 0.3 is 6.16 Å². The van der Waals surface area contributed by atoms with E-state index in [2.05, 4.69) is 22.9 Å². The van der Waals surface area contributed by atoms with Crippen LogP contribution in [0.2, 0.25) is 0 Å². The highest BCUT2D eigenvalue weighted by Gasteiger charge is 2.21. The first-order chi connectivity index (χ1) is 7.39. The molecule has 6 heteroatoms. The van der Waals surface area contributed by atoms with Crippen LogP contribution in [0.5, 0.6) is 0 Å². The third kappa shape index (κ3) is 2.77. The quantitative estimate of drug-likeness (QED) is 0.617. The van der Waals surface area contributed by atoms with Crippen molar-refractivity contribution in [3.05, 3.63) is 30.4 Å². The standard InChI is InChI=1S/C10H14N2O4/c1-4-9-11-8(6-16-10(13,14)15)7(3)12(9)5-2/h4-5,13-15H,1-2,6H2,3H3. The maximum Gasteiger partial charge on any atom is 0.405 e. The van der Waals surface area contributed by atoms with Crippen LogP contribution >= 0.6 is 0 Å². The van der Waals surface area contributed by atoms with Gasteiger partial charge in [0.25, 0.3) is 0 Å². The molecule has 0 fully saturated rings. The van der Waals surface area contributed by atoms with E-state index in [1.807, 2.05) is 0 Å². The average Bonchev–Trinajstić information content (AvgIpc) is 2.50. The molecular formula is C10H14N2O4. The molecule has 3 N–H and O–H groups in total. The highest BCUT2D eigenvalue weighted by atomic mass is 16.9. The fourth-order valence-electron chi connectivity index (χ4n) is 1.26. The minimum Gasteiger partial charge on any atom is -0.319 e. The molecular weight excluding hydrogens is 212 g/mol. The molecule has 6 nitrogen and oxygen atoms in total. The maximum absolute atomic E-state index is 8.57. The van der Waals surface area contributed by atoms with Crippen molar-refractivity contribution < 1.29 is 20.1 Å². The molecule has 1 rings (SSSR count). The number of rotatable bonds is 5. The summed E-state index contributed by atoms with van der Waals surface area (Å²) in [6.45, 7) is 8.71. The molecule has 0 amide bonds. The summed E-state index contributed by atoms with van der Waals surface area (Å²) in [7, 11) is 0. The van der Waals surface area contributed by atoms with Crippen LogP contribution in [0.25, 0.3) is 12.3 Å². The molecule has 1 aromatic rings. The smallest absolute Gasteiger partial charge is 0.319 e. The van der Waals surface area contributed by atoms with Crippen LogP contribution in [0.15, 0.2) is 13.2 Å². The average molecular weight is 226 g/mol. The third-order valence-corrected chi connectivity index (χ3v) is 2.04. The summed E-state index contributed by atoms with van der Waals surface area (Å²) in [6.07, 6.45) is -0.0755. The Morgan fingerprint density at radius 3 is 2.44 bits per heavy atom. The number of nitrogens with zero attached hydrogens (tertiary/aromatic N) is 2. The molecule has 0 aromatic carbocycles. The van der Waals surface area contributed by atoms with Crippen molar-refractivity contribution in [1.82, 2.24) is 9.55 Å². The van der Waals surface area contributed by atoms with E-state index in [-0.39, 0.29) is 6.61 Å². The van der Waals surface area contributed by atoms with Gasteiger partial charge in [-0.3, -0.25) is 4.74 Å². The van der Waals surface area contributed by atoms with E-state index < -0.39 is 6.16 Å². The minimum absolute atomic E-state index is 0.239. The monoisotopic (exact) mass is 226 g/mol. The Kier molecular flexibility index (Phi) is 3.61. The minimum atomic E-state index is -3.15. The van der Waals surface area contributed by atoms with Gasteiger partial charge in [-0.05, 0) is 13.0 Å². The molecule has 0 bridgehead atoms. The topological polar surface area (TPSA) is 87.7 Å². The van der Waals surface area contributed by atoms with Gasteiger partial charge in [0.1, 0.15) is 5.82 Å². The van der Waals surface area contributed by atoms with Crippen molar-refractivity contribution in [2.75, 3.05) is 0 Å². The van der Waals surface area contributed by atoms with Crippen LogP contribution < -0.4 is 0 Å². The van der Waals surface area contributed by atoms with Crippen LogP contribution in [-0.2, 0) is 11.3 Å². The van der Waals surface area contributed by atoms with Crippen molar-refractivity contribution >= 4 is 12.3 Å². The summed E-state index contributed by atoms with van der Waals surface area (Å²) in [5.74, 6) is 0.561. The molecule has 0 saturated heterocycles. The Hall–Kier alpha value is -1.47. The molecule has 0 aliphatic heterocycles. The van der Waals surface area contributed by atoms with Gasteiger partial charge in [0.2, 0.25) is 0 Å². The maximum atomic E-state index is 8.57. The molecule has 0 atom stereocenters. The summed E-state index contributed by atoms with van der Waals surface area (Å²) in [4.78, 5) is 4.12. The summed E-state index contributed by atoms with van der Waals surface area (Å²) < 4.78 is 6.04. The lowest BCUT2D eigenvalue weighted by Gasteiger charge is -2.13. The van der Waals surface area contributed by atoms with Gasteiger partial charge in [-0.25, -0.2) is 4.98 Å². The predicted octanol–water partition coefficient (Wildman–Crippen LogP) is 0.0398. The lowest BCUT2D eigenvalue weighted by Crippen LogP contribution is -2.30. The Morgan fingerprint density at radius 1 is 1.44 bits per heavy atom. The molecule has 0 aliphatic rings. The molecule has 0 saturated carbocycles. The van der Waals surface area contributed by atoms with Gasteiger partial charge in [-0.15, -0.1) is 0 Å². The van der Waals surface area contributed by atoms with Crippen molar-refractivity contribution in [1.29, 1.82) is 0 Å². The Balaban J connectivity index is 2.93. The number of hydrogen-bond acceptors (Lipinski definition) is 5. The van der Waals surface area contributed by atoms with Crippen molar-refractivity contribution in [2.45, 2.75) is 19.7 Å². The van der Waals surface area contributed by atoms with Crippen LogP contribution in [0.3, 0.4) is 0 Å². The van der Waals surface area contributed by atoms with E-state index in [0.717, 1.165) is 0 Å². The van der Waals surface area contributed by atoms with E-state index in [1.54, 1.807) is 17.7 Å². The van der Waals surface area contributed by atoms with Crippen molar-refractivity contribution in [2.24, 2.45) is 0 Å². The first kappa shape index (κ1) is 12.6. The lowest BCUT2D eigenvalue weighted by molar-refractivity contribution is -0.458. The normalized spacial score (nSPS) is 11.5. The zero-order valence-electron chi connectivity index (χ0n) is 8.92. The second-order valence-electron chi connectivity index (χ2n) is 3.12. The summed E-state index contributed by atoms with van der Waals surface area (Å²) in [5, 5.41) is 25.7. The molecule has 0 unspecified atom stereocenters. The number of ether oxygens (including phenoxy) is 1. The third-order valence-electron chi connectivity index (χ3n) is 2.04. The van der Waals surface area contributed by atoms with Crippen molar-refractivity contribution in [3.8, 4) is 0 Å². The van der Waals surface area contributed by atoms with E-state index in [4.69, 9.17) is 15.3 Å². The van der Waals surface area contributed by atoms with E-state index >= 15 is 0 Å². The van der Waals surface area contributed by atoms with Crippen LogP contribution in [-0.4, -0.2) is 31.0 Å². The SMILES string of the molecule is C=Cc1nc(COC(O)(O)O)c(C)n1C=C. The summed E-state index contributed by atoms with van der Waals surface area (Å²) in [6, 6.07) is 0. The first-order valence-corrected chi connectivity index (χ1v) is 4.52. The van der Waals surface area contributed by atoms with Gasteiger partial charge in [0.05, 0.1) is 12.3 Å². The molecule has 88 valence electrons. The first-order valence-electron chi connectivity index (χ1n) is 4.52. The molecule has 0 radical (unpaired) electrons. The molecule has 1 heterocycles. The fraction of sp³-hybridized carbons (Fsp3) is 0.300. The zero-order chi connectivity index (χ0) is 12.3. The predicted molar refractivity (Wildman–Crippen MR) is 57.6 cm³/mol. The van der Waals surface area contributed by atoms with Gasteiger partial charge in [0, 0.05) is 11.9 Å². The van der Waals surface area contributed by atoms with Gasteiger partial charge in [-0.2, -0.15) is 0 Å². The van der Waals surface area contributed by atoms with Gasteiger partial charge < -0.3 is 19.9 Å². The van der Waals surface area contributed by atoms with Crippen molar-refractivity contribution in [3.63, 3.8) is 0 Å².